The number of rotatable bonds is 7. The van der Waals surface area contributed by atoms with E-state index in [1.807, 2.05) is 17.0 Å². The summed E-state index contributed by atoms with van der Waals surface area (Å²) in [4.78, 5) is 17.3. The Balaban J connectivity index is 1.25. The Labute approximate surface area is 193 Å². The van der Waals surface area contributed by atoms with Crippen molar-refractivity contribution in [2.24, 2.45) is 0 Å². The summed E-state index contributed by atoms with van der Waals surface area (Å²) in [7, 11) is 3.29. The molecule has 0 atom stereocenters. The van der Waals surface area contributed by atoms with E-state index in [1.54, 1.807) is 14.2 Å². The van der Waals surface area contributed by atoms with Crippen LogP contribution < -0.4 is 14.4 Å². The van der Waals surface area contributed by atoms with Gasteiger partial charge in [-0.2, -0.15) is 0 Å². The Kier molecular flexibility index (Phi) is 6.17. The third-order valence-corrected chi connectivity index (χ3v) is 7.52. The average molecular weight is 458 g/mol. The van der Waals surface area contributed by atoms with Crippen LogP contribution in [-0.4, -0.2) is 65.2 Å². The molecule has 3 heterocycles. The number of carbonyl (C=O) groups excluding carboxylic acids is 1. The van der Waals surface area contributed by atoms with E-state index in [9.17, 15) is 4.79 Å². The van der Waals surface area contributed by atoms with Gasteiger partial charge in [0.2, 0.25) is 11.9 Å². The number of aromatic nitrogens is 3. The van der Waals surface area contributed by atoms with Gasteiger partial charge in [-0.1, -0.05) is 11.8 Å². The molecule has 5 rings (SSSR count). The van der Waals surface area contributed by atoms with Crippen LogP contribution in [0, 0.1) is 0 Å². The van der Waals surface area contributed by atoms with Crippen LogP contribution in [0.15, 0.2) is 17.3 Å². The maximum Gasteiger partial charge on any atom is 0.233 e. The molecular formula is C23H31N5O3S. The van der Waals surface area contributed by atoms with Gasteiger partial charge >= 0.3 is 0 Å². The summed E-state index contributed by atoms with van der Waals surface area (Å²) in [6.45, 7) is 3.42. The zero-order valence-corrected chi connectivity index (χ0v) is 19.7. The van der Waals surface area contributed by atoms with Crippen LogP contribution in [-0.2, 0) is 17.8 Å². The first-order chi connectivity index (χ1) is 15.7. The number of anilines is 1. The molecule has 0 radical (unpaired) electrons. The molecule has 2 fully saturated rings. The van der Waals surface area contributed by atoms with Crippen molar-refractivity contribution in [2.75, 3.05) is 44.5 Å². The predicted octanol–water partition coefficient (Wildman–Crippen LogP) is 3.30. The number of piperidine rings is 1. The molecule has 1 aliphatic carbocycles. The minimum atomic E-state index is 0.139. The highest BCUT2D eigenvalue weighted by atomic mass is 32.2. The van der Waals surface area contributed by atoms with E-state index in [0.29, 0.717) is 24.1 Å². The maximum absolute atomic E-state index is 13.0. The molecule has 1 aromatic carbocycles. The second kappa shape index (κ2) is 9.21. The van der Waals surface area contributed by atoms with Gasteiger partial charge in [-0.15, -0.1) is 10.2 Å². The fraction of sp³-hybridized carbons (Fsp3) is 0.609. The van der Waals surface area contributed by atoms with E-state index in [4.69, 9.17) is 9.47 Å². The SMILES string of the molecule is COc1cc2c(cc1OC)CN(C(=O)CSc1nnc(N3CCCCC3)n1C1CC1)CC2. The van der Waals surface area contributed by atoms with E-state index in [2.05, 4.69) is 19.7 Å². The van der Waals surface area contributed by atoms with Crippen LogP contribution in [0.25, 0.3) is 0 Å². The molecule has 32 heavy (non-hydrogen) atoms. The monoisotopic (exact) mass is 457 g/mol. The number of fused-ring (bicyclic) bond motifs is 1. The lowest BCUT2D eigenvalue weighted by atomic mass is 9.99. The largest absolute Gasteiger partial charge is 0.493 e. The van der Waals surface area contributed by atoms with Gasteiger partial charge in [0.25, 0.3) is 0 Å². The molecule has 0 unspecified atom stereocenters. The number of hydrogen-bond donors (Lipinski definition) is 0. The van der Waals surface area contributed by atoms with Crippen molar-refractivity contribution in [3.8, 4) is 11.5 Å². The molecular weight excluding hydrogens is 426 g/mol. The normalized spacial score (nSPS) is 18.4. The first-order valence-electron chi connectivity index (χ1n) is 11.5. The maximum atomic E-state index is 13.0. The Hall–Kier alpha value is -2.42. The van der Waals surface area contributed by atoms with Gasteiger partial charge in [-0.3, -0.25) is 9.36 Å². The summed E-state index contributed by atoms with van der Waals surface area (Å²) < 4.78 is 13.1. The first-order valence-corrected chi connectivity index (χ1v) is 12.5. The van der Waals surface area contributed by atoms with Crippen molar-refractivity contribution in [3.63, 3.8) is 0 Å². The third-order valence-electron chi connectivity index (χ3n) is 6.59. The molecule has 2 aromatic rings. The Bertz CT molecular complexity index is 984. The van der Waals surface area contributed by atoms with Crippen LogP contribution in [0.2, 0.25) is 0 Å². The first kappa shape index (κ1) is 21.4. The van der Waals surface area contributed by atoms with Gasteiger partial charge < -0.3 is 19.3 Å². The summed E-state index contributed by atoms with van der Waals surface area (Å²) in [5.74, 6) is 2.96. The number of benzene rings is 1. The molecule has 172 valence electrons. The molecule has 2 aliphatic heterocycles. The van der Waals surface area contributed by atoms with Crippen molar-refractivity contribution >= 4 is 23.6 Å². The van der Waals surface area contributed by atoms with E-state index in [1.165, 1.54) is 49.4 Å². The molecule has 3 aliphatic rings. The number of carbonyl (C=O) groups is 1. The number of ether oxygens (including phenoxy) is 2. The zero-order chi connectivity index (χ0) is 22.1. The van der Waals surface area contributed by atoms with E-state index in [0.717, 1.165) is 48.5 Å². The molecule has 1 saturated carbocycles. The Morgan fingerprint density at radius 1 is 1.03 bits per heavy atom. The molecule has 1 amide bonds. The smallest absolute Gasteiger partial charge is 0.233 e. The number of nitrogens with zero attached hydrogens (tertiary/aromatic N) is 5. The van der Waals surface area contributed by atoms with E-state index < -0.39 is 0 Å². The Morgan fingerprint density at radius 3 is 2.44 bits per heavy atom. The topological polar surface area (TPSA) is 72.7 Å². The van der Waals surface area contributed by atoms with Crippen LogP contribution in [0.1, 0.15) is 49.3 Å². The molecule has 1 aromatic heterocycles. The summed E-state index contributed by atoms with van der Waals surface area (Å²) in [5.41, 5.74) is 2.35. The van der Waals surface area contributed by atoms with E-state index in [-0.39, 0.29) is 5.91 Å². The highest BCUT2D eigenvalue weighted by molar-refractivity contribution is 7.99. The van der Waals surface area contributed by atoms with Crippen LogP contribution in [0.3, 0.4) is 0 Å². The predicted molar refractivity (Wildman–Crippen MR) is 124 cm³/mol. The minimum Gasteiger partial charge on any atom is -0.493 e. The van der Waals surface area contributed by atoms with Gasteiger partial charge in [0.05, 0.1) is 20.0 Å². The van der Waals surface area contributed by atoms with Crippen LogP contribution >= 0.6 is 11.8 Å². The molecule has 9 heteroatoms. The summed E-state index contributed by atoms with van der Waals surface area (Å²) in [6.07, 6.45) is 6.89. The molecule has 0 bridgehead atoms. The fourth-order valence-corrected chi connectivity index (χ4v) is 5.55. The van der Waals surface area contributed by atoms with Gasteiger partial charge in [-0.25, -0.2) is 0 Å². The molecule has 8 nitrogen and oxygen atoms in total. The van der Waals surface area contributed by atoms with Gasteiger partial charge in [-0.05, 0) is 61.8 Å². The standard InChI is InChI=1S/C23H31N5O3S/c1-30-19-12-16-8-11-27(14-17(16)13-20(19)31-2)21(29)15-32-23-25-24-22(28(23)18-6-7-18)26-9-4-3-5-10-26/h12-13,18H,3-11,14-15H2,1-2H3. The summed E-state index contributed by atoms with van der Waals surface area (Å²) in [6, 6.07) is 4.52. The lowest BCUT2D eigenvalue weighted by Crippen LogP contribution is -2.37. The molecule has 1 saturated heterocycles. The van der Waals surface area contributed by atoms with Crippen molar-refractivity contribution in [1.29, 1.82) is 0 Å². The summed E-state index contributed by atoms with van der Waals surface area (Å²) in [5, 5.41) is 9.88. The quantitative estimate of drug-likeness (QED) is 0.591. The molecule has 0 spiro atoms. The van der Waals surface area contributed by atoms with Gasteiger partial charge in [0.15, 0.2) is 16.7 Å². The van der Waals surface area contributed by atoms with Crippen molar-refractivity contribution in [1.82, 2.24) is 19.7 Å². The minimum absolute atomic E-state index is 0.139. The second-order valence-corrected chi connectivity index (χ2v) is 9.70. The number of amides is 1. The zero-order valence-electron chi connectivity index (χ0n) is 18.9. The average Bonchev–Trinajstić information content (AvgIpc) is 3.60. The lowest BCUT2D eigenvalue weighted by molar-refractivity contribution is -0.129. The van der Waals surface area contributed by atoms with E-state index >= 15 is 0 Å². The van der Waals surface area contributed by atoms with Crippen molar-refractivity contribution in [3.05, 3.63) is 23.3 Å². The van der Waals surface area contributed by atoms with Gasteiger partial charge in [0, 0.05) is 32.2 Å². The Morgan fingerprint density at radius 2 is 1.75 bits per heavy atom. The van der Waals surface area contributed by atoms with Gasteiger partial charge in [0.1, 0.15) is 0 Å². The molecule has 0 N–H and O–H groups in total. The third kappa shape index (κ3) is 4.27. The fourth-order valence-electron chi connectivity index (χ4n) is 4.64. The number of thioether (sulfide) groups is 1. The highest BCUT2D eigenvalue weighted by Gasteiger charge is 2.32. The highest BCUT2D eigenvalue weighted by Crippen LogP contribution is 2.41. The lowest BCUT2D eigenvalue weighted by Gasteiger charge is -2.29. The van der Waals surface area contributed by atoms with Crippen molar-refractivity contribution < 1.29 is 14.3 Å². The summed E-state index contributed by atoms with van der Waals surface area (Å²) >= 11 is 1.52. The van der Waals surface area contributed by atoms with Crippen LogP contribution in [0.5, 0.6) is 11.5 Å². The van der Waals surface area contributed by atoms with Crippen LogP contribution in [0.4, 0.5) is 5.95 Å². The van der Waals surface area contributed by atoms with Crippen molar-refractivity contribution in [2.45, 2.75) is 56.3 Å². The number of hydrogen-bond acceptors (Lipinski definition) is 7. The second-order valence-electron chi connectivity index (χ2n) is 8.76. The number of methoxy groups -OCH3 is 2.